The van der Waals surface area contributed by atoms with Crippen LogP contribution in [0.2, 0.25) is 0 Å². The minimum Gasteiger partial charge on any atom is -0.462 e. The molecule has 0 spiro atoms. The van der Waals surface area contributed by atoms with Gasteiger partial charge in [0, 0.05) is 30.6 Å². The topological polar surface area (TPSA) is 105 Å². The van der Waals surface area contributed by atoms with Crippen molar-refractivity contribution in [3.05, 3.63) is 23.8 Å². The molecule has 5 rings (SSSR count). The molecule has 1 saturated heterocycles. The minimum atomic E-state index is -1.29. The number of rotatable bonds is 6. The lowest BCUT2D eigenvalue weighted by atomic mass is 9.46. The summed E-state index contributed by atoms with van der Waals surface area (Å²) in [5.74, 6) is -1.03. The second-order valence-electron chi connectivity index (χ2n) is 11.9. The Kier molecular flexibility index (Phi) is 6.51. The van der Waals surface area contributed by atoms with Gasteiger partial charge in [-0.2, -0.15) is 0 Å². The highest BCUT2D eigenvalue weighted by atomic mass is 16.7. The quantitative estimate of drug-likeness (QED) is 0.492. The number of fused-ring (bicyclic) bond motifs is 7. The molecule has 4 fully saturated rings. The van der Waals surface area contributed by atoms with Crippen LogP contribution in [0.15, 0.2) is 23.8 Å². The summed E-state index contributed by atoms with van der Waals surface area (Å²) < 4.78 is 24.2. The number of esters is 2. The molecule has 0 radical (unpaired) electrons. The standard InChI is InChI=1S/C29H38O8/c1-6-7-25-36-24-13-21-20-9-8-18-12-19(32)10-11-27(18,4)26(20)22(35-17(3)31)14-28(21,5)29(24,37-25)23(33)15-34-16(2)30/h10-12,20-22,24-26H,6-9,13-15H2,1-5H3/t20-,21-,22+,24+,25+,26+,27-,28-,29+/m0/s1. The molecule has 0 aromatic heterocycles. The first kappa shape index (κ1) is 26.3. The van der Waals surface area contributed by atoms with E-state index < -0.39 is 40.9 Å². The van der Waals surface area contributed by atoms with Crippen LogP contribution in [0.4, 0.5) is 0 Å². The summed E-state index contributed by atoms with van der Waals surface area (Å²) in [6.45, 7) is 8.57. The van der Waals surface area contributed by atoms with E-state index in [9.17, 15) is 19.2 Å². The third kappa shape index (κ3) is 3.85. The Labute approximate surface area is 218 Å². The lowest BCUT2D eigenvalue weighted by Crippen LogP contribution is -2.64. The molecule has 0 unspecified atom stereocenters. The van der Waals surface area contributed by atoms with Crippen LogP contribution in [0.5, 0.6) is 0 Å². The predicted octanol–water partition coefficient (Wildman–Crippen LogP) is 3.86. The van der Waals surface area contributed by atoms with Crippen molar-refractivity contribution >= 4 is 23.5 Å². The fraction of sp³-hybridized carbons (Fsp3) is 0.724. The van der Waals surface area contributed by atoms with Gasteiger partial charge in [0.25, 0.3) is 0 Å². The molecule has 0 amide bonds. The molecular formula is C29H38O8. The number of carbonyl (C=O) groups excluding carboxylic acids is 4. The van der Waals surface area contributed by atoms with Crippen molar-refractivity contribution in [1.82, 2.24) is 0 Å². The zero-order valence-corrected chi connectivity index (χ0v) is 22.4. The Hall–Kier alpha value is -2.32. The maximum absolute atomic E-state index is 13.9. The molecule has 8 heteroatoms. The number of Topliss-reactive ketones (excluding diaryl/α,β-unsaturated/α-hetero) is 1. The first-order chi connectivity index (χ1) is 17.5. The van der Waals surface area contributed by atoms with Crippen molar-refractivity contribution in [2.45, 2.75) is 97.2 Å². The molecule has 1 heterocycles. The zero-order chi connectivity index (χ0) is 26.8. The second kappa shape index (κ2) is 9.16. The Bertz CT molecular complexity index is 1080. The van der Waals surface area contributed by atoms with Crippen LogP contribution in [-0.4, -0.2) is 54.2 Å². The lowest BCUT2D eigenvalue weighted by molar-refractivity contribution is -0.208. The molecule has 0 aromatic carbocycles. The summed E-state index contributed by atoms with van der Waals surface area (Å²) in [5.41, 5.74) is -1.32. The Balaban J connectivity index is 1.59. The van der Waals surface area contributed by atoms with Gasteiger partial charge < -0.3 is 18.9 Å². The van der Waals surface area contributed by atoms with E-state index in [2.05, 4.69) is 13.8 Å². The molecule has 0 bridgehead atoms. The highest BCUT2D eigenvalue weighted by Gasteiger charge is 2.76. The molecule has 202 valence electrons. The van der Waals surface area contributed by atoms with Crippen LogP contribution in [0.1, 0.15) is 73.1 Å². The third-order valence-corrected chi connectivity index (χ3v) is 9.93. The molecule has 0 aromatic rings. The second-order valence-corrected chi connectivity index (χ2v) is 11.9. The number of ketones is 2. The monoisotopic (exact) mass is 514 g/mol. The molecule has 4 aliphatic carbocycles. The molecule has 0 N–H and O–H groups in total. The van der Waals surface area contributed by atoms with Crippen molar-refractivity contribution in [3.8, 4) is 0 Å². The fourth-order valence-corrected chi connectivity index (χ4v) is 8.57. The van der Waals surface area contributed by atoms with Crippen molar-refractivity contribution < 1.29 is 38.1 Å². The Morgan fingerprint density at radius 1 is 1.16 bits per heavy atom. The van der Waals surface area contributed by atoms with E-state index in [4.69, 9.17) is 18.9 Å². The van der Waals surface area contributed by atoms with Crippen LogP contribution in [0.3, 0.4) is 0 Å². The van der Waals surface area contributed by atoms with Crippen LogP contribution >= 0.6 is 0 Å². The summed E-state index contributed by atoms with van der Waals surface area (Å²) in [4.78, 5) is 50.1. The molecule has 1 aliphatic heterocycles. The molecule has 8 nitrogen and oxygen atoms in total. The minimum absolute atomic E-state index is 0.00945. The third-order valence-electron chi connectivity index (χ3n) is 9.93. The molecule has 9 atom stereocenters. The summed E-state index contributed by atoms with van der Waals surface area (Å²) in [6.07, 6.45) is 8.07. The predicted molar refractivity (Wildman–Crippen MR) is 132 cm³/mol. The Morgan fingerprint density at radius 3 is 2.59 bits per heavy atom. The van der Waals surface area contributed by atoms with Crippen molar-refractivity contribution in [2.24, 2.45) is 28.6 Å². The van der Waals surface area contributed by atoms with Crippen LogP contribution < -0.4 is 0 Å². The number of hydrogen-bond donors (Lipinski definition) is 0. The van der Waals surface area contributed by atoms with E-state index >= 15 is 0 Å². The normalized spacial score (nSPS) is 43.7. The smallest absolute Gasteiger partial charge is 0.303 e. The van der Waals surface area contributed by atoms with Crippen molar-refractivity contribution in [3.63, 3.8) is 0 Å². The maximum atomic E-state index is 13.9. The highest BCUT2D eigenvalue weighted by molar-refractivity contribution is 6.01. The van der Waals surface area contributed by atoms with Crippen LogP contribution in [0, 0.1) is 28.6 Å². The SMILES string of the molecule is CCC[C@@H]1O[C@@H]2C[C@H]3[C@@H]4CCC5=CC(=O)C=C[C@]5(C)[C@H]4[C@H](OC(C)=O)C[C@]3(C)[C@]2(C(=O)COC(C)=O)O1. The summed E-state index contributed by atoms with van der Waals surface area (Å²) in [6, 6.07) is 0. The highest BCUT2D eigenvalue weighted by Crippen LogP contribution is 2.70. The Morgan fingerprint density at radius 2 is 1.92 bits per heavy atom. The van der Waals surface area contributed by atoms with Gasteiger partial charge in [-0.1, -0.05) is 38.8 Å². The van der Waals surface area contributed by atoms with E-state index in [1.807, 2.05) is 13.0 Å². The van der Waals surface area contributed by atoms with Gasteiger partial charge in [-0.15, -0.1) is 0 Å². The first-order valence-electron chi connectivity index (χ1n) is 13.6. The molecular weight excluding hydrogens is 476 g/mol. The molecule has 37 heavy (non-hydrogen) atoms. The van der Waals surface area contributed by atoms with E-state index in [0.717, 1.165) is 24.8 Å². The number of hydrogen-bond acceptors (Lipinski definition) is 8. The van der Waals surface area contributed by atoms with E-state index in [-0.39, 0.29) is 41.9 Å². The first-order valence-corrected chi connectivity index (χ1v) is 13.6. The summed E-state index contributed by atoms with van der Waals surface area (Å²) in [7, 11) is 0. The average Bonchev–Trinajstić information content (AvgIpc) is 3.29. The van der Waals surface area contributed by atoms with Gasteiger partial charge in [-0.3, -0.25) is 19.2 Å². The van der Waals surface area contributed by atoms with Gasteiger partial charge in [-0.25, -0.2) is 0 Å². The van der Waals surface area contributed by atoms with Gasteiger partial charge in [0.1, 0.15) is 6.10 Å². The zero-order valence-electron chi connectivity index (χ0n) is 22.4. The van der Waals surface area contributed by atoms with Crippen molar-refractivity contribution in [1.29, 1.82) is 0 Å². The average molecular weight is 515 g/mol. The van der Waals surface area contributed by atoms with Crippen LogP contribution in [-0.2, 0) is 38.1 Å². The lowest BCUT2D eigenvalue weighted by Gasteiger charge is -2.60. The number of allylic oxidation sites excluding steroid dienone is 4. The fourth-order valence-electron chi connectivity index (χ4n) is 8.57. The van der Waals surface area contributed by atoms with Gasteiger partial charge in [0.05, 0.1) is 6.10 Å². The van der Waals surface area contributed by atoms with Gasteiger partial charge >= 0.3 is 11.9 Å². The van der Waals surface area contributed by atoms with Crippen molar-refractivity contribution in [2.75, 3.05) is 6.61 Å². The molecule has 3 saturated carbocycles. The van der Waals surface area contributed by atoms with Crippen LogP contribution in [0.25, 0.3) is 0 Å². The van der Waals surface area contributed by atoms with Gasteiger partial charge in [0.15, 0.2) is 24.3 Å². The number of carbonyl (C=O) groups is 4. The molecule has 5 aliphatic rings. The van der Waals surface area contributed by atoms with Gasteiger partial charge in [-0.05, 0) is 56.1 Å². The van der Waals surface area contributed by atoms with Gasteiger partial charge in [0.2, 0.25) is 5.78 Å². The summed E-state index contributed by atoms with van der Waals surface area (Å²) in [5, 5.41) is 0. The van der Waals surface area contributed by atoms with E-state index in [0.29, 0.717) is 19.3 Å². The van der Waals surface area contributed by atoms with E-state index in [1.54, 1.807) is 12.2 Å². The van der Waals surface area contributed by atoms with E-state index in [1.165, 1.54) is 13.8 Å². The largest absolute Gasteiger partial charge is 0.462 e. The maximum Gasteiger partial charge on any atom is 0.303 e. The summed E-state index contributed by atoms with van der Waals surface area (Å²) >= 11 is 0. The number of ether oxygens (including phenoxy) is 4.